The standard InChI is InChI=1S/C15H32N4O/c1-12(2)17-15(3,14(16)20)11-19-8-6-13(7-9-19)10-18(4)5/h12-13,17H,6-11H2,1-5H3,(H2,16,20). The third kappa shape index (κ3) is 5.38. The zero-order valence-corrected chi connectivity index (χ0v) is 13.8. The Morgan fingerprint density at radius 1 is 1.40 bits per heavy atom. The van der Waals surface area contributed by atoms with Gasteiger partial charge in [-0.3, -0.25) is 4.79 Å². The minimum atomic E-state index is -0.636. The summed E-state index contributed by atoms with van der Waals surface area (Å²) in [5, 5.41) is 3.32. The molecule has 1 rings (SSSR count). The first-order valence-electron chi connectivity index (χ1n) is 7.67. The van der Waals surface area contributed by atoms with Gasteiger partial charge >= 0.3 is 0 Å². The maximum atomic E-state index is 11.8. The van der Waals surface area contributed by atoms with E-state index in [9.17, 15) is 4.79 Å². The summed E-state index contributed by atoms with van der Waals surface area (Å²) in [6.07, 6.45) is 2.41. The van der Waals surface area contributed by atoms with Gasteiger partial charge in [0.15, 0.2) is 0 Å². The van der Waals surface area contributed by atoms with Gasteiger partial charge < -0.3 is 20.9 Å². The summed E-state index contributed by atoms with van der Waals surface area (Å²) in [5.74, 6) is 0.515. The van der Waals surface area contributed by atoms with Gasteiger partial charge in [-0.05, 0) is 66.7 Å². The highest BCUT2D eigenvalue weighted by molar-refractivity contribution is 5.84. The monoisotopic (exact) mass is 284 g/mol. The van der Waals surface area contributed by atoms with Gasteiger partial charge in [0.1, 0.15) is 5.54 Å². The van der Waals surface area contributed by atoms with Crippen molar-refractivity contribution in [3.63, 3.8) is 0 Å². The van der Waals surface area contributed by atoms with E-state index < -0.39 is 5.54 Å². The first kappa shape index (κ1) is 17.4. The third-order valence-corrected chi connectivity index (χ3v) is 4.02. The number of piperidine rings is 1. The van der Waals surface area contributed by atoms with Crippen LogP contribution in [0.3, 0.4) is 0 Å². The van der Waals surface area contributed by atoms with Crippen LogP contribution in [0.1, 0.15) is 33.6 Å². The number of rotatable bonds is 7. The van der Waals surface area contributed by atoms with Crippen LogP contribution in [0.15, 0.2) is 0 Å². The number of primary amides is 1. The lowest BCUT2D eigenvalue weighted by Crippen LogP contribution is -2.62. The Hall–Kier alpha value is -0.650. The molecule has 0 spiro atoms. The maximum Gasteiger partial charge on any atom is 0.238 e. The molecule has 118 valence electrons. The number of likely N-dealkylation sites (tertiary alicyclic amines) is 1. The van der Waals surface area contributed by atoms with E-state index in [1.807, 2.05) is 20.8 Å². The number of nitrogens with two attached hydrogens (primary N) is 1. The van der Waals surface area contributed by atoms with Crippen molar-refractivity contribution in [2.24, 2.45) is 11.7 Å². The van der Waals surface area contributed by atoms with Crippen molar-refractivity contribution in [3.05, 3.63) is 0 Å². The van der Waals surface area contributed by atoms with E-state index in [1.165, 1.54) is 12.8 Å². The van der Waals surface area contributed by atoms with E-state index in [0.29, 0.717) is 6.54 Å². The van der Waals surface area contributed by atoms with Crippen molar-refractivity contribution in [1.29, 1.82) is 0 Å². The van der Waals surface area contributed by atoms with Crippen molar-refractivity contribution < 1.29 is 4.79 Å². The molecule has 1 aliphatic rings. The number of hydrogen-bond donors (Lipinski definition) is 2. The van der Waals surface area contributed by atoms with Crippen molar-refractivity contribution in [2.45, 2.75) is 45.2 Å². The Labute approximate surface area is 123 Å². The fourth-order valence-corrected chi connectivity index (χ4v) is 3.12. The van der Waals surface area contributed by atoms with E-state index in [-0.39, 0.29) is 11.9 Å². The Balaban J connectivity index is 2.50. The van der Waals surface area contributed by atoms with Crippen LogP contribution in [-0.2, 0) is 4.79 Å². The van der Waals surface area contributed by atoms with Crippen LogP contribution < -0.4 is 11.1 Å². The van der Waals surface area contributed by atoms with Gasteiger partial charge in [0, 0.05) is 19.1 Å². The summed E-state index contributed by atoms with van der Waals surface area (Å²) in [5.41, 5.74) is 4.96. The molecule has 0 aromatic heterocycles. The third-order valence-electron chi connectivity index (χ3n) is 4.02. The summed E-state index contributed by atoms with van der Waals surface area (Å²) in [6, 6.07) is 0.249. The number of carbonyl (C=O) groups excluding carboxylic acids is 1. The largest absolute Gasteiger partial charge is 0.368 e. The van der Waals surface area contributed by atoms with Crippen molar-refractivity contribution in [2.75, 3.05) is 40.3 Å². The quantitative estimate of drug-likeness (QED) is 0.715. The van der Waals surface area contributed by atoms with Gasteiger partial charge in [-0.2, -0.15) is 0 Å². The lowest BCUT2D eigenvalue weighted by atomic mass is 9.93. The van der Waals surface area contributed by atoms with Crippen LogP contribution in [0.5, 0.6) is 0 Å². The second-order valence-corrected chi connectivity index (χ2v) is 6.98. The van der Waals surface area contributed by atoms with Crippen LogP contribution in [0.25, 0.3) is 0 Å². The zero-order chi connectivity index (χ0) is 15.3. The highest BCUT2D eigenvalue weighted by atomic mass is 16.1. The Bertz CT molecular complexity index is 311. The van der Waals surface area contributed by atoms with E-state index in [4.69, 9.17) is 5.73 Å². The molecule has 3 N–H and O–H groups in total. The number of carbonyl (C=O) groups is 1. The molecular formula is C15H32N4O. The molecule has 5 heteroatoms. The fourth-order valence-electron chi connectivity index (χ4n) is 3.12. The minimum Gasteiger partial charge on any atom is -0.368 e. The topological polar surface area (TPSA) is 61.6 Å². The second kappa shape index (κ2) is 7.38. The van der Waals surface area contributed by atoms with E-state index in [0.717, 1.165) is 25.6 Å². The summed E-state index contributed by atoms with van der Waals surface area (Å²) in [6.45, 7) is 9.99. The number of nitrogens with one attached hydrogen (secondary N) is 1. The second-order valence-electron chi connectivity index (χ2n) is 6.98. The molecule has 1 aliphatic heterocycles. The molecule has 1 saturated heterocycles. The predicted molar refractivity (Wildman–Crippen MR) is 83.6 cm³/mol. The molecule has 1 fully saturated rings. The van der Waals surface area contributed by atoms with Crippen molar-refractivity contribution in [3.8, 4) is 0 Å². The molecule has 1 amide bonds. The Morgan fingerprint density at radius 3 is 2.35 bits per heavy atom. The first-order chi connectivity index (χ1) is 9.23. The summed E-state index contributed by atoms with van der Waals surface area (Å²) in [4.78, 5) is 16.4. The van der Waals surface area contributed by atoms with Crippen LogP contribution in [0.2, 0.25) is 0 Å². The smallest absolute Gasteiger partial charge is 0.238 e. The lowest BCUT2D eigenvalue weighted by molar-refractivity contribution is -0.125. The number of hydrogen-bond acceptors (Lipinski definition) is 4. The van der Waals surface area contributed by atoms with Gasteiger partial charge in [-0.15, -0.1) is 0 Å². The van der Waals surface area contributed by atoms with Gasteiger partial charge in [0.2, 0.25) is 5.91 Å². The summed E-state index contributed by atoms with van der Waals surface area (Å²) >= 11 is 0. The van der Waals surface area contributed by atoms with Crippen LogP contribution >= 0.6 is 0 Å². The summed E-state index contributed by atoms with van der Waals surface area (Å²) in [7, 11) is 4.26. The van der Waals surface area contributed by atoms with Crippen molar-refractivity contribution in [1.82, 2.24) is 15.1 Å². The molecule has 0 bridgehead atoms. The fraction of sp³-hybridized carbons (Fsp3) is 0.933. The van der Waals surface area contributed by atoms with E-state index in [2.05, 4.69) is 29.2 Å². The highest BCUT2D eigenvalue weighted by Gasteiger charge is 2.34. The molecule has 0 aliphatic carbocycles. The average molecular weight is 284 g/mol. The van der Waals surface area contributed by atoms with Gasteiger partial charge in [0.25, 0.3) is 0 Å². The molecular weight excluding hydrogens is 252 g/mol. The molecule has 20 heavy (non-hydrogen) atoms. The van der Waals surface area contributed by atoms with Crippen LogP contribution in [0.4, 0.5) is 0 Å². The average Bonchev–Trinajstić information content (AvgIpc) is 2.29. The summed E-state index contributed by atoms with van der Waals surface area (Å²) < 4.78 is 0. The number of nitrogens with zero attached hydrogens (tertiary/aromatic N) is 2. The number of amides is 1. The molecule has 0 aromatic carbocycles. The molecule has 0 saturated carbocycles. The van der Waals surface area contributed by atoms with E-state index in [1.54, 1.807) is 0 Å². The molecule has 5 nitrogen and oxygen atoms in total. The Kier molecular flexibility index (Phi) is 6.43. The first-order valence-corrected chi connectivity index (χ1v) is 7.67. The van der Waals surface area contributed by atoms with Gasteiger partial charge in [-0.1, -0.05) is 0 Å². The van der Waals surface area contributed by atoms with E-state index >= 15 is 0 Å². The van der Waals surface area contributed by atoms with Crippen LogP contribution in [-0.4, -0.2) is 67.6 Å². The Morgan fingerprint density at radius 2 is 1.95 bits per heavy atom. The molecule has 0 radical (unpaired) electrons. The molecule has 1 atom stereocenters. The molecule has 1 unspecified atom stereocenters. The zero-order valence-electron chi connectivity index (χ0n) is 13.8. The normalized spacial score (nSPS) is 21.4. The lowest BCUT2D eigenvalue weighted by Gasteiger charge is -2.39. The van der Waals surface area contributed by atoms with Gasteiger partial charge in [-0.25, -0.2) is 0 Å². The van der Waals surface area contributed by atoms with Gasteiger partial charge in [0.05, 0.1) is 0 Å². The minimum absolute atomic E-state index is 0.249. The van der Waals surface area contributed by atoms with Crippen LogP contribution in [0, 0.1) is 5.92 Å². The van der Waals surface area contributed by atoms with Crippen molar-refractivity contribution >= 4 is 5.91 Å². The highest BCUT2D eigenvalue weighted by Crippen LogP contribution is 2.19. The predicted octanol–water partition coefficient (Wildman–Crippen LogP) is 0.502. The maximum absolute atomic E-state index is 11.8. The molecule has 1 heterocycles. The SMILES string of the molecule is CC(C)NC(C)(CN1CCC(CN(C)C)CC1)C(N)=O. The molecule has 0 aromatic rings.